The number of nitro groups is 1. The van der Waals surface area contributed by atoms with E-state index in [1.165, 1.54) is 19.2 Å². The first-order valence-electron chi connectivity index (χ1n) is 13.0. The molecule has 0 spiro atoms. The minimum Gasteiger partial charge on any atom is -0.495 e. The molecule has 42 heavy (non-hydrogen) atoms. The second-order valence-corrected chi connectivity index (χ2v) is 12.3. The fourth-order valence-corrected chi connectivity index (χ4v) is 6.46. The van der Waals surface area contributed by atoms with Gasteiger partial charge in [0.05, 0.1) is 47.4 Å². The standard InChI is InChI=1S/C29H30N6O5S2/c1-17-14-20(9-11-23(17)32-42(5,38)39)34-28(27(31-29(34)41)24-8-6-7-13-30-24)22-15-18(2)33(19(22)3)25-16-21(35(36)37)10-12-26(25)40-4/h6-16,27-28,32H,1-5H3,(H,31,41)/t27-,28-/m1/s1. The van der Waals surface area contributed by atoms with Crippen LogP contribution in [-0.4, -0.2) is 41.4 Å². The smallest absolute Gasteiger partial charge is 0.271 e. The van der Waals surface area contributed by atoms with Gasteiger partial charge in [-0.3, -0.25) is 19.8 Å². The van der Waals surface area contributed by atoms with E-state index < -0.39 is 14.9 Å². The molecular formula is C29H30N6O5S2. The SMILES string of the molecule is COc1ccc([N+](=O)[O-])cc1-n1c(C)cc([C@@H]2[C@@H](c3ccccn3)NC(=S)N2c2ccc(NS(C)(=O)=O)c(C)c2)c1C. The molecule has 2 atom stereocenters. The number of thiocarbonyl (C=S) groups is 1. The number of methoxy groups -OCH3 is 1. The molecule has 1 aliphatic heterocycles. The molecule has 0 unspecified atom stereocenters. The molecule has 218 valence electrons. The Morgan fingerprint density at radius 2 is 1.86 bits per heavy atom. The van der Waals surface area contributed by atoms with E-state index in [-0.39, 0.29) is 17.8 Å². The van der Waals surface area contributed by atoms with Crippen molar-refractivity contribution in [2.75, 3.05) is 23.0 Å². The molecule has 2 aromatic carbocycles. The maximum Gasteiger partial charge on any atom is 0.271 e. The number of anilines is 2. The number of nitro benzene ring substituents is 1. The molecule has 0 saturated carbocycles. The largest absolute Gasteiger partial charge is 0.495 e. The molecular weight excluding hydrogens is 576 g/mol. The number of non-ortho nitro benzene ring substituents is 1. The van der Waals surface area contributed by atoms with Crippen molar-refractivity contribution >= 4 is 44.4 Å². The van der Waals surface area contributed by atoms with E-state index in [0.717, 1.165) is 40.2 Å². The van der Waals surface area contributed by atoms with E-state index in [2.05, 4.69) is 15.0 Å². The number of nitrogens with zero attached hydrogens (tertiary/aromatic N) is 4. The summed E-state index contributed by atoms with van der Waals surface area (Å²) in [4.78, 5) is 17.8. The summed E-state index contributed by atoms with van der Waals surface area (Å²) in [6.07, 6.45) is 2.84. The quantitative estimate of drug-likeness (QED) is 0.157. The van der Waals surface area contributed by atoms with Crippen LogP contribution in [0.25, 0.3) is 5.69 Å². The van der Waals surface area contributed by atoms with Crippen LogP contribution in [0.4, 0.5) is 17.1 Å². The van der Waals surface area contributed by atoms with Gasteiger partial charge in [0.2, 0.25) is 10.0 Å². The zero-order valence-electron chi connectivity index (χ0n) is 23.7. The molecule has 11 nitrogen and oxygen atoms in total. The van der Waals surface area contributed by atoms with Gasteiger partial charge in [-0.2, -0.15) is 0 Å². The lowest BCUT2D eigenvalue weighted by Crippen LogP contribution is -2.29. The molecule has 2 N–H and O–H groups in total. The Labute approximate surface area is 249 Å². The van der Waals surface area contributed by atoms with Crippen molar-refractivity contribution in [2.45, 2.75) is 32.9 Å². The van der Waals surface area contributed by atoms with Crippen LogP contribution in [0.2, 0.25) is 0 Å². The molecule has 13 heteroatoms. The van der Waals surface area contributed by atoms with Crippen molar-refractivity contribution in [3.05, 3.63) is 105 Å². The van der Waals surface area contributed by atoms with Gasteiger partial charge < -0.3 is 19.5 Å². The second kappa shape index (κ2) is 11.1. The van der Waals surface area contributed by atoms with E-state index in [4.69, 9.17) is 17.0 Å². The maximum absolute atomic E-state index is 11.9. The fourth-order valence-electron chi connectivity index (χ4n) is 5.49. The number of hydrogen-bond acceptors (Lipinski definition) is 7. The monoisotopic (exact) mass is 606 g/mol. The summed E-state index contributed by atoms with van der Waals surface area (Å²) in [5.74, 6) is 0.497. The van der Waals surface area contributed by atoms with Crippen molar-refractivity contribution in [1.82, 2.24) is 14.9 Å². The fraction of sp³-hybridized carbons (Fsp3) is 0.241. The number of ether oxygens (including phenoxy) is 1. The highest BCUT2D eigenvalue weighted by Crippen LogP contribution is 2.45. The molecule has 0 aliphatic carbocycles. The van der Waals surface area contributed by atoms with E-state index in [1.807, 2.05) is 66.6 Å². The Kier molecular flexibility index (Phi) is 7.64. The highest BCUT2D eigenvalue weighted by atomic mass is 32.2. The topological polar surface area (TPSA) is 132 Å². The van der Waals surface area contributed by atoms with Crippen LogP contribution < -0.4 is 19.7 Å². The first-order valence-corrected chi connectivity index (χ1v) is 15.3. The average Bonchev–Trinajstić information content (AvgIpc) is 3.43. The average molecular weight is 607 g/mol. The molecule has 5 rings (SSSR count). The van der Waals surface area contributed by atoms with Crippen LogP contribution in [0.3, 0.4) is 0 Å². The first kappa shape index (κ1) is 29.0. The molecule has 1 saturated heterocycles. The Morgan fingerprint density at radius 3 is 2.48 bits per heavy atom. The van der Waals surface area contributed by atoms with E-state index >= 15 is 0 Å². The number of pyridine rings is 1. The third-order valence-electron chi connectivity index (χ3n) is 7.28. The van der Waals surface area contributed by atoms with Gasteiger partial charge in [0, 0.05) is 35.4 Å². The number of benzene rings is 2. The number of hydrogen-bond donors (Lipinski definition) is 2. The minimum atomic E-state index is -3.45. The molecule has 1 fully saturated rings. The summed E-state index contributed by atoms with van der Waals surface area (Å²) in [6.45, 7) is 5.72. The van der Waals surface area contributed by atoms with Crippen LogP contribution in [0, 0.1) is 30.9 Å². The second-order valence-electron chi connectivity index (χ2n) is 10.1. The van der Waals surface area contributed by atoms with E-state index in [0.29, 0.717) is 22.2 Å². The van der Waals surface area contributed by atoms with Crippen LogP contribution in [0.5, 0.6) is 5.75 Å². The molecule has 4 aromatic rings. The van der Waals surface area contributed by atoms with Crippen molar-refractivity contribution < 1.29 is 18.1 Å². The molecule has 2 aromatic heterocycles. The number of aryl methyl sites for hydroxylation is 2. The lowest BCUT2D eigenvalue weighted by atomic mass is 9.96. The Hall–Kier alpha value is -4.49. The van der Waals surface area contributed by atoms with Crippen molar-refractivity contribution in [3.8, 4) is 11.4 Å². The van der Waals surface area contributed by atoms with Gasteiger partial charge in [-0.1, -0.05) is 6.07 Å². The van der Waals surface area contributed by atoms with Crippen molar-refractivity contribution in [1.29, 1.82) is 0 Å². The van der Waals surface area contributed by atoms with Gasteiger partial charge in [-0.05, 0) is 86.6 Å². The zero-order chi connectivity index (χ0) is 30.3. The van der Waals surface area contributed by atoms with Gasteiger partial charge >= 0.3 is 0 Å². The first-order chi connectivity index (χ1) is 19.9. The number of rotatable bonds is 8. The highest BCUT2D eigenvalue weighted by molar-refractivity contribution is 7.92. The third kappa shape index (κ3) is 5.40. The van der Waals surface area contributed by atoms with E-state index in [9.17, 15) is 18.5 Å². The van der Waals surface area contributed by atoms with Gasteiger partial charge in [-0.25, -0.2) is 8.42 Å². The zero-order valence-corrected chi connectivity index (χ0v) is 25.3. The lowest BCUT2D eigenvalue weighted by Gasteiger charge is -2.29. The normalized spacial score (nSPS) is 16.8. The van der Waals surface area contributed by atoms with E-state index in [1.54, 1.807) is 18.3 Å². The molecule has 0 radical (unpaired) electrons. The Balaban J connectivity index is 1.68. The predicted octanol–water partition coefficient (Wildman–Crippen LogP) is 5.26. The van der Waals surface area contributed by atoms with Gasteiger partial charge in [0.25, 0.3) is 5.69 Å². The van der Waals surface area contributed by atoms with Gasteiger partial charge in [0.1, 0.15) is 5.75 Å². The molecule has 3 heterocycles. The van der Waals surface area contributed by atoms with Gasteiger partial charge in [-0.15, -0.1) is 0 Å². The predicted molar refractivity (Wildman–Crippen MR) is 166 cm³/mol. The summed E-state index contributed by atoms with van der Waals surface area (Å²) < 4.78 is 33.8. The Morgan fingerprint density at radius 1 is 1.10 bits per heavy atom. The molecule has 0 amide bonds. The van der Waals surface area contributed by atoms with Crippen LogP contribution >= 0.6 is 12.2 Å². The van der Waals surface area contributed by atoms with Crippen molar-refractivity contribution in [3.63, 3.8) is 0 Å². The van der Waals surface area contributed by atoms with Crippen LogP contribution in [0.15, 0.2) is 66.9 Å². The number of aromatic nitrogens is 2. The number of sulfonamides is 1. The summed E-state index contributed by atoms with van der Waals surface area (Å²) in [5.41, 5.74) is 5.90. The molecule has 0 bridgehead atoms. The summed E-state index contributed by atoms with van der Waals surface area (Å²) in [6, 6.07) is 17.0. The lowest BCUT2D eigenvalue weighted by molar-refractivity contribution is -0.384. The van der Waals surface area contributed by atoms with Crippen LogP contribution in [-0.2, 0) is 10.0 Å². The van der Waals surface area contributed by atoms with Crippen molar-refractivity contribution in [2.24, 2.45) is 0 Å². The van der Waals surface area contributed by atoms with Crippen LogP contribution in [0.1, 0.15) is 40.3 Å². The minimum absolute atomic E-state index is 0.0465. The van der Waals surface area contributed by atoms with Gasteiger partial charge in [0.15, 0.2) is 5.11 Å². The summed E-state index contributed by atoms with van der Waals surface area (Å²) in [7, 11) is -1.92. The third-order valence-corrected chi connectivity index (χ3v) is 8.19. The highest BCUT2D eigenvalue weighted by Gasteiger charge is 2.42. The summed E-state index contributed by atoms with van der Waals surface area (Å²) >= 11 is 5.88. The Bertz CT molecular complexity index is 1810. The summed E-state index contributed by atoms with van der Waals surface area (Å²) in [5, 5.41) is 15.5. The number of nitrogens with one attached hydrogen (secondary N) is 2. The maximum atomic E-state index is 11.9. The molecule has 1 aliphatic rings.